The molecule has 0 aliphatic carbocycles. The Kier molecular flexibility index (Phi) is 5.28. The summed E-state index contributed by atoms with van der Waals surface area (Å²) in [5.41, 5.74) is 6.38. The quantitative estimate of drug-likeness (QED) is 0.850. The molecule has 2 aromatic rings. The summed E-state index contributed by atoms with van der Waals surface area (Å²) in [5, 5.41) is 0.996. The van der Waals surface area contributed by atoms with Crippen molar-refractivity contribution in [3.8, 4) is 11.3 Å². The Balaban J connectivity index is 2.17. The number of halogens is 2. The van der Waals surface area contributed by atoms with Gasteiger partial charge in [-0.3, -0.25) is 4.79 Å². The molecule has 2 N–H and O–H groups in total. The van der Waals surface area contributed by atoms with Crippen LogP contribution in [0.3, 0.4) is 0 Å². The highest BCUT2D eigenvalue weighted by Crippen LogP contribution is 2.35. The summed E-state index contributed by atoms with van der Waals surface area (Å²) in [6.45, 7) is 2.03. The normalized spacial score (nSPS) is 12.2. The lowest BCUT2D eigenvalue weighted by Crippen LogP contribution is -2.34. The van der Waals surface area contributed by atoms with Crippen LogP contribution in [0.25, 0.3) is 11.3 Å². The molecule has 0 amide bonds. The van der Waals surface area contributed by atoms with Gasteiger partial charge in [0.1, 0.15) is 17.6 Å². The molecule has 0 saturated heterocycles. The number of carbonyl (C=O) groups is 1. The molecular weight excluding hydrogens is 313 g/mol. The minimum atomic E-state index is -0.759. The van der Waals surface area contributed by atoms with Gasteiger partial charge in [-0.25, -0.2) is 0 Å². The number of ether oxygens (including phenoxy) is 1. The molecule has 1 atom stereocenters. The van der Waals surface area contributed by atoms with Gasteiger partial charge in [0.2, 0.25) is 0 Å². The molecule has 0 saturated carbocycles. The van der Waals surface area contributed by atoms with Gasteiger partial charge in [0.05, 0.1) is 22.2 Å². The van der Waals surface area contributed by atoms with Gasteiger partial charge >= 0.3 is 5.97 Å². The Morgan fingerprint density at radius 2 is 1.95 bits per heavy atom. The fourth-order valence-corrected chi connectivity index (χ4v) is 2.49. The lowest BCUT2D eigenvalue weighted by Gasteiger charge is -2.08. The second kappa shape index (κ2) is 6.98. The van der Waals surface area contributed by atoms with Crippen LogP contribution in [0.5, 0.6) is 0 Å². The standard InChI is InChI=1S/C15H15Cl2NO3/c1-2-20-15(19)12(18)8-9-6-7-13(21-9)14-10(16)4-3-5-11(14)17/h3-7,12H,2,8,18H2,1H3. The van der Waals surface area contributed by atoms with E-state index in [-0.39, 0.29) is 6.42 Å². The number of hydrogen-bond donors (Lipinski definition) is 1. The molecule has 1 aromatic heterocycles. The summed E-state index contributed by atoms with van der Waals surface area (Å²) in [6, 6.07) is 7.96. The van der Waals surface area contributed by atoms with Crippen LogP contribution in [0.15, 0.2) is 34.7 Å². The van der Waals surface area contributed by atoms with E-state index in [9.17, 15) is 4.79 Å². The number of esters is 1. The summed E-state index contributed by atoms with van der Waals surface area (Å²) in [4.78, 5) is 11.5. The number of benzene rings is 1. The summed E-state index contributed by atoms with van der Waals surface area (Å²) >= 11 is 12.3. The lowest BCUT2D eigenvalue weighted by molar-refractivity contribution is -0.144. The molecule has 1 unspecified atom stereocenters. The Labute approximate surface area is 132 Å². The van der Waals surface area contributed by atoms with E-state index in [1.54, 1.807) is 37.3 Å². The fourth-order valence-electron chi connectivity index (χ4n) is 1.90. The molecule has 0 fully saturated rings. The zero-order valence-corrected chi connectivity index (χ0v) is 12.9. The van der Waals surface area contributed by atoms with Crippen molar-refractivity contribution in [1.29, 1.82) is 0 Å². The van der Waals surface area contributed by atoms with Crippen molar-refractivity contribution in [3.05, 3.63) is 46.1 Å². The first kappa shape index (κ1) is 15.9. The van der Waals surface area contributed by atoms with Gasteiger partial charge in [0.25, 0.3) is 0 Å². The van der Waals surface area contributed by atoms with Gasteiger partial charge in [0, 0.05) is 6.42 Å². The van der Waals surface area contributed by atoms with Crippen LogP contribution in [0.4, 0.5) is 0 Å². The first-order valence-electron chi connectivity index (χ1n) is 6.48. The van der Waals surface area contributed by atoms with Gasteiger partial charge in [-0.2, -0.15) is 0 Å². The molecule has 112 valence electrons. The van der Waals surface area contributed by atoms with E-state index in [1.807, 2.05) is 0 Å². The third kappa shape index (κ3) is 3.79. The first-order valence-corrected chi connectivity index (χ1v) is 7.23. The monoisotopic (exact) mass is 327 g/mol. The van der Waals surface area contributed by atoms with E-state index in [4.69, 9.17) is 38.1 Å². The van der Waals surface area contributed by atoms with Crippen LogP contribution in [-0.4, -0.2) is 18.6 Å². The summed E-state index contributed by atoms with van der Waals surface area (Å²) in [5.74, 6) is 0.657. The maximum atomic E-state index is 11.5. The average molecular weight is 328 g/mol. The number of nitrogens with two attached hydrogens (primary N) is 1. The largest absolute Gasteiger partial charge is 0.465 e. The highest BCUT2D eigenvalue weighted by atomic mass is 35.5. The van der Waals surface area contributed by atoms with Gasteiger partial charge in [-0.15, -0.1) is 0 Å². The van der Waals surface area contributed by atoms with Crippen molar-refractivity contribution in [2.45, 2.75) is 19.4 Å². The third-order valence-electron chi connectivity index (χ3n) is 2.88. The summed E-state index contributed by atoms with van der Waals surface area (Å²) in [7, 11) is 0. The zero-order valence-electron chi connectivity index (χ0n) is 11.4. The molecule has 2 rings (SSSR count). The Bertz CT molecular complexity index is 619. The molecule has 0 aliphatic rings. The molecule has 4 nitrogen and oxygen atoms in total. The van der Waals surface area contributed by atoms with E-state index in [0.29, 0.717) is 33.7 Å². The van der Waals surface area contributed by atoms with E-state index >= 15 is 0 Å². The van der Waals surface area contributed by atoms with Gasteiger partial charge in [-0.05, 0) is 31.2 Å². The van der Waals surface area contributed by atoms with Crippen LogP contribution in [-0.2, 0) is 16.0 Å². The average Bonchev–Trinajstić information content (AvgIpc) is 2.87. The summed E-state index contributed by atoms with van der Waals surface area (Å²) in [6.07, 6.45) is 0.251. The molecular formula is C15H15Cl2NO3. The molecule has 0 bridgehead atoms. The maximum absolute atomic E-state index is 11.5. The fraction of sp³-hybridized carbons (Fsp3) is 0.267. The third-order valence-corrected chi connectivity index (χ3v) is 3.51. The van der Waals surface area contributed by atoms with E-state index < -0.39 is 12.0 Å². The highest BCUT2D eigenvalue weighted by molar-refractivity contribution is 6.39. The highest BCUT2D eigenvalue weighted by Gasteiger charge is 2.18. The van der Waals surface area contributed by atoms with Crippen molar-refractivity contribution < 1.29 is 13.9 Å². The maximum Gasteiger partial charge on any atom is 0.323 e. The Hall–Kier alpha value is -1.49. The van der Waals surface area contributed by atoms with Gasteiger partial charge in [0.15, 0.2) is 0 Å². The lowest BCUT2D eigenvalue weighted by atomic mass is 10.1. The zero-order chi connectivity index (χ0) is 15.4. The topological polar surface area (TPSA) is 65.5 Å². The van der Waals surface area contributed by atoms with Gasteiger partial charge in [-0.1, -0.05) is 29.3 Å². The van der Waals surface area contributed by atoms with E-state index in [0.717, 1.165) is 0 Å². The van der Waals surface area contributed by atoms with Crippen molar-refractivity contribution in [1.82, 2.24) is 0 Å². The molecule has 0 aliphatic heterocycles. The molecule has 21 heavy (non-hydrogen) atoms. The Morgan fingerprint density at radius 3 is 2.57 bits per heavy atom. The summed E-state index contributed by atoms with van der Waals surface area (Å²) < 4.78 is 10.5. The molecule has 0 radical (unpaired) electrons. The number of furan rings is 1. The number of hydrogen-bond acceptors (Lipinski definition) is 4. The van der Waals surface area contributed by atoms with Crippen LogP contribution >= 0.6 is 23.2 Å². The number of carbonyl (C=O) groups excluding carboxylic acids is 1. The van der Waals surface area contributed by atoms with Crippen LogP contribution in [0, 0.1) is 0 Å². The van der Waals surface area contributed by atoms with E-state index in [1.165, 1.54) is 0 Å². The van der Waals surface area contributed by atoms with E-state index in [2.05, 4.69) is 0 Å². The first-order chi connectivity index (χ1) is 10.0. The second-order valence-corrected chi connectivity index (χ2v) is 5.24. The van der Waals surface area contributed by atoms with Crippen LogP contribution in [0.1, 0.15) is 12.7 Å². The van der Waals surface area contributed by atoms with Crippen molar-refractivity contribution in [2.24, 2.45) is 5.73 Å². The Morgan fingerprint density at radius 1 is 1.29 bits per heavy atom. The predicted octanol–water partition coefficient (Wildman–Crippen LogP) is 3.69. The smallest absolute Gasteiger partial charge is 0.323 e. The second-order valence-electron chi connectivity index (χ2n) is 4.43. The van der Waals surface area contributed by atoms with Crippen molar-refractivity contribution in [3.63, 3.8) is 0 Å². The van der Waals surface area contributed by atoms with Crippen LogP contribution < -0.4 is 5.73 Å². The minimum Gasteiger partial charge on any atom is -0.465 e. The van der Waals surface area contributed by atoms with Crippen molar-refractivity contribution in [2.75, 3.05) is 6.61 Å². The number of rotatable bonds is 5. The van der Waals surface area contributed by atoms with Crippen LogP contribution in [0.2, 0.25) is 10.0 Å². The SMILES string of the molecule is CCOC(=O)C(N)Cc1ccc(-c2c(Cl)cccc2Cl)o1. The predicted molar refractivity (Wildman–Crippen MR) is 82.5 cm³/mol. The minimum absolute atomic E-state index is 0.251. The molecule has 1 heterocycles. The molecule has 1 aromatic carbocycles. The molecule has 6 heteroatoms. The van der Waals surface area contributed by atoms with Gasteiger partial charge < -0.3 is 14.9 Å². The van der Waals surface area contributed by atoms with Crippen molar-refractivity contribution >= 4 is 29.2 Å². The molecule has 0 spiro atoms.